The number of thiol groups is 1. The molecule has 0 N–H and O–H groups in total. The van der Waals surface area contributed by atoms with E-state index in [1.54, 1.807) is 12.3 Å². The van der Waals surface area contributed by atoms with Crippen molar-refractivity contribution in [2.24, 2.45) is 0 Å². The van der Waals surface area contributed by atoms with Gasteiger partial charge in [-0.3, -0.25) is 0 Å². The monoisotopic (exact) mass is 224 g/mol. The molecule has 14 heavy (non-hydrogen) atoms. The average Bonchev–Trinajstić information content (AvgIpc) is 2.18. The van der Waals surface area contributed by atoms with Crippen molar-refractivity contribution in [1.29, 1.82) is 0 Å². The molecule has 0 bridgehead atoms. The Labute approximate surface area is 90.8 Å². The number of hydrogen-bond donors (Lipinski definition) is 1. The van der Waals surface area contributed by atoms with Gasteiger partial charge >= 0.3 is 0 Å². The van der Waals surface area contributed by atoms with Crippen molar-refractivity contribution >= 4 is 24.2 Å². The maximum atomic E-state index is 5.87. The largest absolute Gasteiger partial charge is 0.244 e. The van der Waals surface area contributed by atoms with Crippen molar-refractivity contribution in [3.63, 3.8) is 0 Å². The summed E-state index contributed by atoms with van der Waals surface area (Å²) in [5, 5.41) is 0.946. The van der Waals surface area contributed by atoms with Crippen molar-refractivity contribution in [2.75, 3.05) is 0 Å². The average molecular weight is 225 g/mol. The summed E-state index contributed by atoms with van der Waals surface area (Å²) >= 11 is 9.98. The van der Waals surface area contributed by atoms with Crippen molar-refractivity contribution in [2.45, 2.75) is 5.03 Å². The van der Waals surface area contributed by atoms with Crippen molar-refractivity contribution < 1.29 is 0 Å². The molecule has 70 valence electrons. The standard InChI is InChI=1S/C8H5ClN4S/c9-8-5(2-10-3-13-8)6-1-7(14)12-4-11-6/h1-4H,(H,11,12,14). The second kappa shape index (κ2) is 3.89. The Bertz CT molecular complexity index is 463. The number of nitrogens with zero attached hydrogens (tertiary/aromatic N) is 4. The highest BCUT2D eigenvalue weighted by Gasteiger charge is 2.05. The van der Waals surface area contributed by atoms with Crippen LogP contribution < -0.4 is 0 Å². The highest BCUT2D eigenvalue weighted by Crippen LogP contribution is 2.23. The molecule has 0 aromatic carbocycles. The fourth-order valence-electron chi connectivity index (χ4n) is 0.981. The van der Waals surface area contributed by atoms with E-state index < -0.39 is 0 Å². The van der Waals surface area contributed by atoms with Gasteiger partial charge in [-0.1, -0.05) is 11.6 Å². The van der Waals surface area contributed by atoms with Crippen molar-refractivity contribution in [3.05, 3.63) is 30.1 Å². The zero-order chi connectivity index (χ0) is 9.97. The van der Waals surface area contributed by atoms with Crippen LogP contribution in [0, 0.1) is 0 Å². The summed E-state index contributed by atoms with van der Waals surface area (Å²) in [7, 11) is 0. The van der Waals surface area contributed by atoms with Crippen LogP contribution in [-0.2, 0) is 0 Å². The summed E-state index contributed by atoms with van der Waals surface area (Å²) in [6.45, 7) is 0. The molecular formula is C8H5ClN4S. The van der Waals surface area contributed by atoms with E-state index in [4.69, 9.17) is 11.6 Å². The van der Waals surface area contributed by atoms with Gasteiger partial charge in [0.2, 0.25) is 0 Å². The Morgan fingerprint density at radius 1 is 1.14 bits per heavy atom. The lowest BCUT2D eigenvalue weighted by Crippen LogP contribution is -1.89. The summed E-state index contributed by atoms with van der Waals surface area (Å²) in [6.07, 6.45) is 4.40. The Hall–Kier alpha value is -1.20. The topological polar surface area (TPSA) is 51.6 Å². The maximum Gasteiger partial charge on any atom is 0.141 e. The van der Waals surface area contributed by atoms with E-state index in [0.29, 0.717) is 21.4 Å². The van der Waals surface area contributed by atoms with Gasteiger partial charge in [-0.2, -0.15) is 0 Å². The van der Waals surface area contributed by atoms with Gasteiger partial charge < -0.3 is 0 Å². The third-order valence-electron chi connectivity index (χ3n) is 1.59. The molecule has 0 atom stereocenters. The highest BCUT2D eigenvalue weighted by molar-refractivity contribution is 7.80. The summed E-state index contributed by atoms with van der Waals surface area (Å²) < 4.78 is 0. The summed E-state index contributed by atoms with van der Waals surface area (Å²) in [6, 6.07) is 1.70. The Morgan fingerprint density at radius 2 is 2.00 bits per heavy atom. The van der Waals surface area contributed by atoms with Gasteiger partial charge in [0.05, 0.1) is 16.3 Å². The van der Waals surface area contributed by atoms with E-state index in [1.165, 1.54) is 12.7 Å². The van der Waals surface area contributed by atoms with E-state index in [9.17, 15) is 0 Å². The molecule has 0 amide bonds. The Morgan fingerprint density at radius 3 is 2.71 bits per heavy atom. The fraction of sp³-hybridized carbons (Fsp3) is 0. The molecule has 0 saturated carbocycles. The van der Waals surface area contributed by atoms with E-state index in [2.05, 4.69) is 32.6 Å². The molecule has 0 radical (unpaired) electrons. The molecule has 4 nitrogen and oxygen atoms in total. The molecule has 0 aliphatic heterocycles. The van der Waals surface area contributed by atoms with E-state index >= 15 is 0 Å². The normalized spacial score (nSPS) is 10.1. The third-order valence-corrected chi connectivity index (χ3v) is 2.14. The quantitative estimate of drug-likeness (QED) is 0.594. The van der Waals surface area contributed by atoms with Gasteiger partial charge in [-0.25, -0.2) is 19.9 Å². The Balaban J connectivity index is 2.55. The molecule has 0 aliphatic rings. The first-order valence-corrected chi connectivity index (χ1v) is 4.57. The molecule has 0 unspecified atom stereocenters. The van der Waals surface area contributed by atoms with E-state index in [-0.39, 0.29) is 0 Å². The maximum absolute atomic E-state index is 5.87. The van der Waals surface area contributed by atoms with Crippen LogP contribution in [0.5, 0.6) is 0 Å². The van der Waals surface area contributed by atoms with Gasteiger partial charge in [0, 0.05) is 6.20 Å². The molecule has 0 saturated heterocycles. The lowest BCUT2D eigenvalue weighted by atomic mass is 10.2. The molecule has 2 aromatic heterocycles. The fourth-order valence-corrected chi connectivity index (χ4v) is 1.34. The first kappa shape index (κ1) is 9.36. The van der Waals surface area contributed by atoms with Crippen LogP contribution in [0.4, 0.5) is 0 Å². The van der Waals surface area contributed by atoms with Crippen LogP contribution in [0.3, 0.4) is 0 Å². The number of aromatic nitrogens is 4. The van der Waals surface area contributed by atoms with Crippen LogP contribution >= 0.6 is 24.2 Å². The first-order chi connectivity index (χ1) is 6.77. The number of hydrogen-bond acceptors (Lipinski definition) is 5. The highest BCUT2D eigenvalue weighted by atomic mass is 35.5. The minimum atomic E-state index is 0.367. The second-order valence-corrected chi connectivity index (χ2v) is 3.30. The van der Waals surface area contributed by atoms with Gasteiger partial charge in [-0.15, -0.1) is 12.6 Å². The van der Waals surface area contributed by atoms with Crippen LogP contribution in [0.25, 0.3) is 11.3 Å². The van der Waals surface area contributed by atoms with Gasteiger partial charge in [0.1, 0.15) is 17.8 Å². The molecule has 0 fully saturated rings. The summed E-state index contributed by atoms with van der Waals surface area (Å²) in [5.74, 6) is 0. The molecular weight excluding hydrogens is 220 g/mol. The van der Waals surface area contributed by atoms with Gasteiger partial charge in [0.25, 0.3) is 0 Å². The Kier molecular flexibility index (Phi) is 2.60. The summed E-state index contributed by atoms with van der Waals surface area (Å²) in [4.78, 5) is 15.6. The smallest absolute Gasteiger partial charge is 0.141 e. The number of halogens is 1. The first-order valence-electron chi connectivity index (χ1n) is 3.74. The van der Waals surface area contributed by atoms with Crippen LogP contribution in [0.2, 0.25) is 5.15 Å². The third kappa shape index (κ3) is 1.83. The number of rotatable bonds is 1. The zero-order valence-corrected chi connectivity index (χ0v) is 8.57. The molecule has 0 aliphatic carbocycles. The van der Waals surface area contributed by atoms with Crippen LogP contribution in [-0.4, -0.2) is 19.9 Å². The molecule has 6 heteroatoms. The molecule has 2 rings (SSSR count). The minimum Gasteiger partial charge on any atom is -0.244 e. The van der Waals surface area contributed by atoms with Crippen molar-refractivity contribution in [3.8, 4) is 11.3 Å². The van der Waals surface area contributed by atoms with Crippen LogP contribution in [0.1, 0.15) is 0 Å². The summed E-state index contributed by atoms with van der Waals surface area (Å²) in [5.41, 5.74) is 1.34. The predicted octanol–water partition coefficient (Wildman–Crippen LogP) is 1.88. The minimum absolute atomic E-state index is 0.367. The second-order valence-electron chi connectivity index (χ2n) is 2.49. The zero-order valence-electron chi connectivity index (χ0n) is 6.92. The predicted molar refractivity (Wildman–Crippen MR) is 55.3 cm³/mol. The molecule has 2 aromatic rings. The van der Waals surface area contributed by atoms with Crippen LogP contribution in [0.15, 0.2) is 29.9 Å². The molecule has 2 heterocycles. The SMILES string of the molecule is Sc1cc(-c2cncnc2Cl)ncn1. The van der Waals surface area contributed by atoms with E-state index in [0.717, 1.165) is 0 Å². The lowest BCUT2D eigenvalue weighted by molar-refractivity contribution is 1.05. The van der Waals surface area contributed by atoms with Gasteiger partial charge in [0.15, 0.2) is 0 Å². The molecule has 0 spiro atoms. The van der Waals surface area contributed by atoms with E-state index in [1.807, 2.05) is 0 Å². The van der Waals surface area contributed by atoms with Crippen molar-refractivity contribution in [1.82, 2.24) is 19.9 Å². The van der Waals surface area contributed by atoms with Gasteiger partial charge in [-0.05, 0) is 6.07 Å². The lowest BCUT2D eigenvalue weighted by Gasteiger charge is -2.00.